The fourth-order valence-corrected chi connectivity index (χ4v) is 2.82. The summed E-state index contributed by atoms with van der Waals surface area (Å²) in [6.45, 7) is 0. The standard InChI is InChI=1S/C16H14ClF2NO/c1-20-14-8-15(9-2-5-13(19)12(17)6-9)21-16-7-10(18)3-4-11(14)16/h2-7,14-15,20H,8H2,1H3. The van der Waals surface area contributed by atoms with Crippen molar-refractivity contribution in [3.8, 4) is 5.75 Å². The third-order valence-corrected chi connectivity index (χ3v) is 4.02. The molecule has 0 saturated heterocycles. The van der Waals surface area contributed by atoms with Gasteiger partial charge in [-0.25, -0.2) is 8.78 Å². The van der Waals surface area contributed by atoms with E-state index in [0.717, 1.165) is 11.1 Å². The molecule has 0 radical (unpaired) electrons. The van der Waals surface area contributed by atoms with E-state index in [-0.39, 0.29) is 23.0 Å². The number of hydrogen-bond acceptors (Lipinski definition) is 2. The van der Waals surface area contributed by atoms with Crippen LogP contribution in [0.4, 0.5) is 8.78 Å². The largest absolute Gasteiger partial charge is 0.485 e. The van der Waals surface area contributed by atoms with Crippen molar-refractivity contribution >= 4 is 11.6 Å². The monoisotopic (exact) mass is 309 g/mol. The van der Waals surface area contributed by atoms with Crippen LogP contribution < -0.4 is 10.1 Å². The quantitative estimate of drug-likeness (QED) is 0.887. The smallest absolute Gasteiger partial charge is 0.141 e. The molecule has 1 N–H and O–H groups in total. The second kappa shape index (κ2) is 5.62. The lowest BCUT2D eigenvalue weighted by Crippen LogP contribution is -2.26. The lowest BCUT2D eigenvalue weighted by Gasteiger charge is -2.32. The summed E-state index contributed by atoms with van der Waals surface area (Å²) in [6, 6.07) is 9.07. The van der Waals surface area contributed by atoms with Crippen molar-refractivity contribution in [2.24, 2.45) is 0 Å². The third-order valence-electron chi connectivity index (χ3n) is 3.73. The number of hydrogen-bond donors (Lipinski definition) is 1. The molecule has 0 spiro atoms. The average molecular weight is 310 g/mol. The summed E-state index contributed by atoms with van der Waals surface area (Å²) >= 11 is 5.82. The Morgan fingerprint density at radius 2 is 2.00 bits per heavy atom. The van der Waals surface area contributed by atoms with Crippen LogP contribution in [0.3, 0.4) is 0 Å². The third kappa shape index (κ3) is 2.74. The Labute approximate surface area is 126 Å². The van der Waals surface area contributed by atoms with E-state index in [1.54, 1.807) is 18.2 Å². The van der Waals surface area contributed by atoms with Crippen LogP contribution in [0.5, 0.6) is 5.75 Å². The average Bonchev–Trinajstić information content (AvgIpc) is 2.48. The fourth-order valence-electron chi connectivity index (χ4n) is 2.63. The highest BCUT2D eigenvalue weighted by Crippen LogP contribution is 2.41. The minimum absolute atomic E-state index is 0.0446. The van der Waals surface area contributed by atoms with Crippen molar-refractivity contribution < 1.29 is 13.5 Å². The molecule has 0 aromatic heterocycles. The predicted octanol–water partition coefficient (Wildman–Crippen LogP) is 4.40. The molecule has 21 heavy (non-hydrogen) atoms. The second-order valence-electron chi connectivity index (χ2n) is 5.04. The van der Waals surface area contributed by atoms with Crippen molar-refractivity contribution in [1.82, 2.24) is 5.32 Å². The molecule has 2 aromatic rings. The maximum atomic E-state index is 13.4. The molecule has 1 aliphatic heterocycles. The van der Waals surface area contributed by atoms with Gasteiger partial charge in [-0.1, -0.05) is 23.7 Å². The van der Waals surface area contributed by atoms with Gasteiger partial charge in [-0.15, -0.1) is 0 Å². The number of nitrogens with one attached hydrogen (secondary N) is 1. The summed E-state index contributed by atoms with van der Waals surface area (Å²) in [5, 5.41) is 3.25. The lowest BCUT2D eigenvalue weighted by molar-refractivity contribution is 0.153. The van der Waals surface area contributed by atoms with Gasteiger partial charge in [-0.2, -0.15) is 0 Å². The van der Waals surface area contributed by atoms with E-state index in [1.165, 1.54) is 18.2 Å². The molecule has 5 heteroatoms. The van der Waals surface area contributed by atoms with Crippen LogP contribution in [0, 0.1) is 11.6 Å². The Hall–Kier alpha value is -1.65. The van der Waals surface area contributed by atoms with Gasteiger partial charge in [-0.05, 0) is 30.8 Å². The number of fused-ring (bicyclic) bond motifs is 1. The molecular formula is C16H14ClF2NO. The van der Waals surface area contributed by atoms with Gasteiger partial charge in [0.05, 0.1) is 5.02 Å². The Kier molecular flexibility index (Phi) is 3.83. The summed E-state index contributed by atoms with van der Waals surface area (Å²) in [4.78, 5) is 0. The van der Waals surface area contributed by atoms with Crippen LogP contribution >= 0.6 is 11.6 Å². The van der Waals surface area contributed by atoms with E-state index in [2.05, 4.69) is 5.32 Å². The van der Waals surface area contributed by atoms with E-state index in [0.29, 0.717) is 12.2 Å². The lowest BCUT2D eigenvalue weighted by atomic mass is 9.93. The summed E-state index contributed by atoms with van der Waals surface area (Å²) in [6.07, 6.45) is 0.367. The topological polar surface area (TPSA) is 21.3 Å². The molecule has 110 valence electrons. The number of benzene rings is 2. The molecule has 0 bridgehead atoms. The van der Waals surface area contributed by atoms with Gasteiger partial charge in [0, 0.05) is 24.1 Å². The predicted molar refractivity (Wildman–Crippen MR) is 77.6 cm³/mol. The van der Waals surface area contributed by atoms with Gasteiger partial charge >= 0.3 is 0 Å². The summed E-state index contributed by atoms with van der Waals surface area (Å²) in [7, 11) is 1.85. The van der Waals surface area contributed by atoms with E-state index < -0.39 is 5.82 Å². The van der Waals surface area contributed by atoms with Crippen molar-refractivity contribution in [3.63, 3.8) is 0 Å². The molecule has 0 fully saturated rings. The minimum atomic E-state index is -0.465. The molecule has 2 atom stereocenters. The molecule has 2 unspecified atom stereocenters. The van der Waals surface area contributed by atoms with Crippen molar-refractivity contribution in [2.45, 2.75) is 18.6 Å². The first-order valence-electron chi connectivity index (χ1n) is 6.67. The van der Waals surface area contributed by atoms with Gasteiger partial charge in [-0.3, -0.25) is 0 Å². The zero-order valence-corrected chi connectivity index (χ0v) is 12.1. The van der Waals surface area contributed by atoms with Crippen LogP contribution in [0.1, 0.15) is 29.7 Å². The summed E-state index contributed by atoms with van der Waals surface area (Å²) < 4.78 is 32.5. The number of halogens is 3. The van der Waals surface area contributed by atoms with Crippen molar-refractivity contribution in [3.05, 3.63) is 64.2 Å². The molecule has 0 amide bonds. The van der Waals surface area contributed by atoms with Crippen LogP contribution in [0.2, 0.25) is 5.02 Å². The Bertz CT molecular complexity index is 677. The van der Waals surface area contributed by atoms with E-state index in [1.807, 2.05) is 7.05 Å². The van der Waals surface area contributed by atoms with Crippen LogP contribution in [0.15, 0.2) is 36.4 Å². The molecule has 1 aliphatic rings. The number of rotatable bonds is 2. The van der Waals surface area contributed by atoms with Gasteiger partial charge in [0.1, 0.15) is 23.5 Å². The van der Waals surface area contributed by atoms with Crippen molar-refractivity contribution in [1.29, 1.82) is 0 Å². The Morgan fingerprint density at radius 3 is 2.71 bits per heavy atom. The maximum Gasteiger partial charge on any atom is 0.141 e. The van der Waals surface area contributed by atoms with E-state index in [9.17, 15) is 8.78 Å². The highest BCUT2D eigenvalue weighted by Gasteiger charge is 2.29. The molecular weight excluding hydrogens is 296 g/mol. The maximum absolute atomic E-state index is 13.4. The second-order valence-corrected chi connectivity index (χ2v) is 5.45. The zero-order valence-electron chi connectivity index (χ0n) is 11.4. The first-order valence-corrected chi connectivity index (χ1v) is 7.04. The van der Waals surface area contributed by atoms with Gasteiger partial charge < -0.3 is 10.1 Å². The van der Waals surface area contributed by atoms with Crippen molar-refractivity contribution in [2.75, 3.05) is 7.05 Å². The molecule has 0 aliphatic carbocycles. The first kappa shape index (κ1) is 14.3. The highest BCUT2D eigenvalue weighted by molar-refractivity contribution is 6.30. The fraction of sp³-hybridized carbons (Fsp3) is 0.250. The molecule has 2 nitrogen and oxygen atoms in total. The number of ether oxygens (including phenoxy) is 1. The molecule has 0 saturated carbocycles. The van der Waals surface area contributed by atoms with E-state index in [4.69, 9.17) is 16.3 Å². The minimum Gasteiger partial charge on any atom is -0.485 e. The van der Waals surface area contributed by atoms with Crippen LogP contribution in [-0.4, -0.2) is 7.05 Å². The Morgan fingerprint density at radius 1 is 1.19 bits per heavy atom. The van der Waals surface area contributed by atoms with Gasteiger partial charge in [0.25, 0.3) is 0 Å². The molecule has 3 rings (SSSR count). The SMILES string of the molecule is CNC1CC(c2ccc(F)c(Cl)c2)Oc2cc(F)ccc21. The van der Waals surface area contributed by atoms with Gasteiger partial charge in [0.15, 0.2) is 0 Å². The zero-order chi connectivity index (χ0) is 15.0. The van der Waals surface area contributed by atoms with Crippen LogP contribution in [-0.2, 0) is 0 Å². The first-order chi connectivity index (χ1) is 10.1. The summed E-state index contributed by atoms with van der Waals surface area (Å²) in [5.41, 5.74) is 1.69. The molecule has 2 aromatic carbocycles. The van der Waals surface area contributed by atoms with E-state index >= 15 is 0 Å². The van der Waals surface area contributed by atoms with Gasteiger partial charge in [0.2, 0.25) is 0 Å². The highest BCUT2D eigenvalue weighted by atomic mass is 35.5. The Balaban J connectivity index is 1.97. The normalized spacial score (nSPS) is 20.8. The van der Waals surface area contributed by atoms with Crippen LogP contribution in [0.25, 0.3) is 0 Å². The molecule has 1 heterocycles. The summed E-state index contributed by atoms with van der Waals surface area (Å²) in [5.74, 6) is -0.305.